The van der Waals surface area contributed by atoms with Gasteiger partial charge in [0.2, 0.25) is 0 Å². The van der Waals surface area contributed by atoms with Crippen molar-refractivity contribution >= 4 is 16.8 Å². The maximum absolute atomic E-state index is 13.3. The molecule has 0 bridgehead atoms. The first-order chi connectivity index (χ1) is 16.0. The molecule has 0 unspecified atom stereocenters. The summed E-state index contributed by atoms with van der Waals surface area (Å²) >= 11 is 0. The number of nitrogens with zero attached hydrogens (tertiary/aromatic N) is 5. The summed E-state index contributed by atoms with van der Waals surface area (Å²) in [6, 6.07) is 11.9. The average Bonchev–Trinajstić information content (AvgIpc) is 3.39. The normalized spacial score (nSPS) is 14.7. The number of hydrogen-bond acceptors (Lipinski definition) is 5. The van der Waals surface area contributed by atoms with Crippen LogP contribution in [0.2, 0.25) is 0 Å². The average molecular weight is 445 g/mol. The minimum atomic E-state index is 0.0461. The predicted octanol–water partition coefficient (Wildman–Crippen LogP) is 3.24. The van der Waals surface area contributed by atoms with Gasteiger partial charge in [0.25, 0.3) is 5.91 Å². The van der Waals surface area contributed by atoms with Crippen molar-refractivity contribution in [3.63, 3.8) is 0 Å². The number of methoxy groups -OCH3 is 1. The first-order valence-electron chi connectivity index (χ1n) is 11.2. The number of fused-ring (bicyclic) bond motifs is 1. The number of carbonyl (C=O) groups excluding carboxylic acids is 1. The van der Waals surface area contributed by atoms with Crippen molar-refractivity contribution in [2.45, 2.75) is 13.5 Å². The topological polar surface area (TPSA) is 79.3 Å². The molecule has 8 nitrogen and oxygen atoms in total. The molecule has 0 saturated carbocycles. The molecule has 1 N–H and O–H groups in total. The first-order valence-corrected chi connectivity index (χ1v) is 11.2. The van der Waals surface area contributed by atoms with Crippen LogP contribution >= 0.6 is 0 Å². The predicted molar refractivity (Wildman–Crippen MR) is 127 cm³/mol. The van der Waals surface area contributed by atoms with Gasteiger partial charge in [-0.3, -0.25) is 19.4 Å². The maximum atomic E-state index is 13.3. The number of piperazine rings is 1. The Bertz CT molecular complexity index is 1290. The van der Waals surface area contributed by atoms with E-state index in [4.69, 9.17) is 4.74 Å². The van der Waals surface area contributed by atoms with Crippen LogP contribution in [0.15, 0.2) is 48.8 Å². The number of hydrogen-bond donors (Lipinski definition) is 1. The smallest absolute Gasteiger partial charge is 0.270 e. The van der Waals surface area contributed by atoms with Gasteiger partial charge in [0, 0.05) is 63.1 Å². The van der Waals surface area contributed by atoms with Crippen LogP contribution < -0.4 is 4.74 Å². The van der Waals surface area contributed by atoms with Gasteiger partial charge < -0.3 is 14.6 Å². The highest BCUT2D eigenvalue weighted by atomic mass is 16.5. The Kier molecular flexibility index (Phi) is 5.60. The fraction of sp³-hybridized carbons (Fsp3) is 0.320. The lowest BCUT2D eigenvalue weighted by molar-refractivity contribution is 0.0620. The second-order valence-electron chi connectivity index (χ2n) is 8.46. The van der Waals surface area contributed by atoms with E-state index in [0.29, 0.717) is 18.8 Å². The van der Waals surface area contributed by atoms with Crippen molar-refractivity contribution < 1.29 is 9.53 Å². The lowest BCUT2D eigenvalue weighted by Gasteiger charge is -2.34. The van der Waals surface area contributed by atoms with Crippen molar-refractivity contribution in [3.8, 4) is 17.0 Å². The van der Waals surface area contributed by atoms with Gasteiger partial charge in [0.1, 0.15) is 11.4 Å². The number of aromatic nitrogens is 4. The fourth-order valence-electron chi connectivity index (χ4n) is 4.52. The molecule has 33 heavy (non-hydrogen) atoms. The molecule has 1 saturated heterocycles. The summed E-state index contributed by atoms with van der Waals surface area (Å²) in [7, 11) is 3.62. The number of nitrogens with one attached hydrogen (secondary N) is 1. The van der Waals surface area contributed by atoms with E-state index < -0.39 is 0 Å². The molecule has 8 heteroatoms. The number of ether oxygens (including phenoxy) is 1. The molecule has 4 aromatic rings. The second-order valence-corrected chi connectivity index (χ2v) is 8.46. The van der Waals surface area contributed by atoms with Crippen LogP contribution in [0.25, 0.3) is 22.2 Å². The number of rotatable bonds is 5. The van der Waals surface area contributed by atoms with E-state index in [9.17, 15) is 4.79 Å². The first kappa shape index (κ1) is 21.2. The van der Waals surface area contributed by atoms with Crippen molar-refractivity contribution in [2.75, 3.05) is 33.3 Å². The Morgan fingerprint density at radius 1 is 1.15 bits per heavy atom. The third kappa shape index (κ3) is 3.98. The number of aryl methyl sites for hydroxylation is 2. The van der Waals surface area contributed by atoms with E-state index in [-0.39, 0.29) is 5.91 Å². The van der Waals surface area contributed by atoms with E-state index in [2.05, 4.69) is 26.0 Å². The minimum Gasteiger partial charge on any atom is -0.495 e. The van der Waals surface area contributed by atoms with Crippen molar-refractivity contribution in [3.05, 3.63) is 65.7 Å². The Balaban J connectivity index is 1.26. The van der Waals surface area contributed by atoms with Gasteiger partial charge in [0.15, 0.2) is 0 Å². The summed E-state index contributed by atoms with van der Waals surface area (Å²) in [5, 5.41) is 5.67. The maximum Gasteiger partial charge on any atom is 0.270 e. The zero-order valence-corrected chi connectivity index (χ0v) is 19.2. The highest BCUT2D eigenvalue weighted by molar-refractivity contribution is 6.02. The Morgan fingerprint density at radius 2 is 1.97 bits per heavy atom. The van der Waals surface area contributed by atoms with Crippen LogP contribution in [-0.2, 0) is 13.6 Å². The molecule has 1 aliphatic rings. The molecular formula is C25H28N6O2. The molecule has 0 atom stereocenters. The molecule has 3 aromatic heterocycles. The molecule has 5 rings (SSSR count). The number of carbonyl (C=O) groups is 1. The van der Waals surface area contributed by atoms with Gasteiger partial charge in [-0.1, -0.05) is 12.1 Å². The highest BCUT2D eigenvalue weighted by Crippen LogP contribution is 2.30. The molecular weight excluding hydrogens is 416 g/mol. The highest BCUT2D eigenvalue weighted by Gasteiger charge is 2.26. The molecule has 0 radical (unpaired) electrons. The molecule has 0 spiro atoms. The van der Waals surface area contributed by atoms with E-state index >= 15 is 0 Å². The zero-order chi connectivity index (χ0) is 22.9. The summed E-state index contributed by atoms with van der Waals surface area (Å²) in [5.41, 5.74) is 5.58. The van der Waals surface area contributed by atoms with E-state index in [1.165, 1.54) is 0 Å². The summed E-state index contributed by atoms with van der Waals surface area (Å²) in [6.45, 7) is 5.82. The van der Waals surface area contributed by atoms with Crippen LogP contribution in [0.5, 0.6) is 5.75 Å². The van der Waals surface area contributed by atoms with Crippen LogP contribution in [-0.4, -0.2) is 68.7 Å². The molecule has 1 amide bonds. The van der Waals surface area contributed by atoms with Gasteiger partial charge >= 0.3 is 0 Å². The van der Waals surface area contributed by atoms with Crippen molar-refractivity contribution in [1.29, 1.82) is 0 Å². The number of para-hydroxylation sites is 1. The minimum absolute atomic E-state index is 0.0461. The van der Waals surface area contributed by atoms with Crippen LogP contribution in [0.4, 0.5) is 0 Å². The standard InChI is InChI=1S/C25H28N6O2/c1-17-20-7-4-8-22(33-3)24(20)27-23(17)25(32)31-12-10-30(11-13-31)16-19-14-21(28-29(19)2)18-6-5-9-26-15-18/h4-9,14-15,27H,10-13,16H2,1-3H3. The van der Waals surface area contributed by atoms with E-state index in [0.717, 1.165) is 58.8 Å². The SMILES string of the molecule is COc1cccc2c(C)c(C(=O)N3CCN(Cc4cc(-c5cccnc5)nn4C)CC3)[nH]c12. The summed E-state index contributed by atoms with van der Waals surface area (Å²) < 4.78 is 7.39. The monoisotopic (exact) mass is 444 g/mol. The number of benzene rings is 1. The molecule has 1 fully saturated rings. The quantitative estimate of drug-likeness (QED) is 0.511. The van der Waals surface area contributed by atoms with Gasteiger partial charge in [-0.2, -0.15) is 5.10 Å². The van der Waals surface area contributed by atoms with Gasteiger partial charge in [0.05, 0.1) is 24.0 Å². The van der Waals surface area contributed by atoms with Gasteiger partial charge in [-0.15, -0.1) is 0 Å². The Labute approximate surface area is 192 Å². The summed E-state index contributed by atoms with van der Waals surface area (Å²) in [4.78, 5) is 25.1. The Hall–Kier alpha value is -3.65. The number of pyridine rings is 1. The van der Waals surface area contributed by atoms with Crippen molar-refractivity contribution in [2.24, 2.45) is 7.05 Å². The lowest BCUT2D eigenvalue weighted by atomic mass is 10.1. The number of H-pyrrole nitrogens is 1. The number of amides is 1. The summed E-state index contributed by atoms with van der Waals surface area (Å²) in [5.74, 6) is 0.797. The van der Waals surface area contributed by atoms with Crippen LogP contribution in [0, 0.1) is 6.92 Å². The molecule has 1 aromatic carbocycles. The third-order valence-corrected chi connectivity index (χ3v) is 6.47. The van der Waals surface area contributed by atoms with Crippen molar-refractivity contribution in [1.82, 2.24) is 29.5 Å². The summed E-state index contributed by atoms with van der Waals surface area (Å²) in [6.07, 6.45) is 3.60. The van der Waals surface area contributed by atoms with E-state index in [1.54, 1.807) is 13.3 Å². The zero-order valence-electron chi connectivity index (χ0n) is 19.2. The largest absolute Gasteiger partial charge is 0.495 e. The van der Waals surface area contributed by atoms with Crippen LogP contribution in [0.1, 0.15) is 21.7 Å². The Morgan fingerprint density at radius 3 is 2.70 bits per heavy atom. The van der Waals surface area contributed by atoms with Gasteiger partial charge in [-0.05, 0) is 36.8 Å². The molecule has 0 aliphatic carbocycles. The number of aromatic amines is 1. The fourth-order valence-corrected chi connectivity index (χ4v) is 4.52. The third-order valence-electron chi connectivity index (χ3n) is 6.47. The molecule has 4 heterocycles. The van der Waals surface area contributed by atoms with Crippen LogP contribution in [0.3, 0.4) is 0 Å². The van der Waals surface area contributed by atoms with Gasteiger partial charge in [-0.25, -0.2) is 0 Å². The molecule has 1 aliphatic heterocycles. The lowest BCUT2D eigenvalue weighted by Crippen LogP contribution is -2.48. The molecule has 170 valence electrons. The second kappa shape index (κ2) is 8.71. The van der Waals surface area contributed by atoms with E-state index in [1.807, 2.05) is 60.1 Å².